The van der Waals surface area contributed by atoms with Crippen molar-refractivity contribution in [1.82, 2.24) is 4.90 Å². The molecule has 1 saturated heterocycles. The Morgan fingerprint density at radius 1 is 1.19 bits per heavy atom. The topological polar surface area (TPSA) is 58.6 Å². The zero-order chi connectivity index (χ0) is 15.1. The molecule has 0 aromatic heterocycles. The molecular weight excluding hydrogens is 268 g/mol. The summed E-state index contributed by atoms with van der Waals surface area (Å²) in [5.74, 6) is -0.319. The van der Waals surface area contributed by atoms with Crippen molar-refractivity contribution in [2.45, 2.75) is 32.6 Å². The number of ether oxygens (including phenoxy) is 1. The number of nitrogens with zero attached hydrogens (tertiary/aromatic N) is 1. The van der Waals surface area contributed by atoms with Gasteiger partial charge in [-0.05, 0) is 43.5 Å². The Bertz CT molecular complexity index is 479. The van der Waals surface area contributed by atoms with E-state index >= 15 is 0 Å². The van der Waals surface area contributed by atoms with E-state index in [1.54, 1.807) is 29.2 Å². The van der Waals surface area contributed by atoms with Gasteiger partial charge in [-0.25, -0.2) is 9.59 Å². The highest BCUT2D eigenvalue weighted by Gasteiger charge is 2.17. The first kappa shape index (κ1) is 15.4. The predicted octanol–water partition coefficient (Wildman–Crippen LogP) is 3.27. The third kappa shape index (κ3) is 4.48. The summed E-state index contributed by atoms with van der Waals surface area (Å²) < 4.78 is 5.14. The Morgan fingerprint density at radius 2 is 1.86 bits per heavy atom. The molecule has 1 heterocycles. The molecule has 114 valence electrons. The number of esters is 1. The first-order valence-electron chi connectivity index (χ1n) is 7.54. The molecule has 2 amide bonds. The molecule has 5 nitrogen and oxygen atoms in total. The fourth-order valence-corrected chi connectivity index (χ4v) is 2.20. The molecule has 0 spiro atoms. The quantitative estimate of drug-likeness (QED) is 0.669. The van der Waals surface area contributed by atoms with Crippen LogP contribution in [0.1, 0.15) is 43.0 Å². The molecule has 0 bridgehead atoms. The maximum atomic E-state index is 11.9. The first-order chi connectivity index (χ1) is 10.2. The molecule has 1 aliphatic heterocycles. The molecule has 0 aliphatic carbocycles. The van der Waals surface area contributed by atoms with Crippen LogP contribution in [-0.2, 0) is 4.74 Å². The minimum absolute atomic E-state index is 0.0780. The van der Waals surface area contributed by atoms with Gasteiger partial charge in [-0.3, -0.25) is 0 Å². The fraction of sp³-hybridized carbons (Fsp3) is 0.500. The minimum atomic E-state index is -0.319. The van der Waals surface area contributed by atoms with Crippen LogP contribution in [0.3, 0.4) is 0 Å². The van der Waals surface area contributed by atoms with Crippen LogP contribution in [0.15, 0.2) is 24.3 Å². The monoisotopic (exact) mass is 290 g/mol. The SMILES string of the molecule is CCCCOC(=O)c1ccc(NC(=O)N2CCCC2)cc1. The number of carbonyl (C=O) groups is 2. The number of carbonyl (C=O) groups excluding carboxylic acids is 2. The summed E-state index contributed by atoms with van der Waals surface area (Å²) in [6.45, 7) is 4.12. The number of hydrogen-bond donors (Lipinski definition) is 1. The van der Waals surface area contributed by atoms with Crippen LogP contribution in [0.25, 0.3) is 0 Å². The molecule has 1 aromatic rings. The van der Waals surface area contributed by atoms with Crippen molar-refractivity contribution in [3.8, 4) is 0 Å². The van der Waals surface area contributed by atoms with Crippen LogP contribution in [-0.4, -0.2) is 36.6 Å². The van der Waals surface area contributed by atoms with Crippen LogP contribution in [0, 0.1) is 0 Å². The lowest BCUT2D eigenvalue weighted by atomic mass is 10.2. The summed E-state index contributed by atoms with van der Waals surface area (Å²) in [6, 6.07) is 6.72. The van der Waals surface area contributed by atoms with Crippen LogP contribution in [0.4, 0.5) is 10.5 Å². The van der Waals surface area contributed by atoms with E-state index in [0.29, 0.717) is 17.9 Å². The van der Waals surface area contributed by atoms with E-state index in [1.807, 2.05) is 6.92 Å². The molecular formula is C16H22N2O3. The van der Waals surface area contributed by atoms with E-state index in [4.69, 9.17) is 4.74 Å². The van der Waals surface area contributed by atoms with Gasteiger partial charge in [0.2, 0.25) is 0 Å². The number of anilines is 1. The zero-order valence-electron chi connectivity index (χ0n) is 12.4. The number of urea groups is 1. The molecule has 1 aromatic carbocycles. The molecule has 0 saturated carbocycles. The lowest BCUT2D eigenvalue weighted by Gasteiger charge is -2.16. The van der Waals surface area contributed by atoms with Crippen molar-refractivity contribution in [2.24, 2.45) is 0 Å². The largest absolute Gasteiger partial charge is 0.462 e. The van der Waals surface area contributed by atoms with Gasteiger partial charge in [0.1, 0.15) is 0 Å². The van der Waals surface area contributed by atoms with Crippen LogP contribution >= 0.6 is 0 Å². The molecule has 21 heavy (non-hydrogen) atoms. The van der Waals surface area contributed by atoms with Gasteiger partial charge in [-0.15, -0.1) is 0 Å². The van der Waals surface area contributed by atoms with Gasteiger partial charge in [0.25, 0.3) is 0 Å². The van der Waals surface area contributed by atoms with Crippen LogP contribution in [0.2, 0.25) is 0 Å². The summed E-state index contributed by atoms with van der Waals surface area (Å²) in [5, 5.41) is 2.84. The Labute approximate surface area is 125 Å². The van der Waals surface area contributed by atoms with Gasteiger partial charge in [0.05, 0.1) is 12.2 Å². The maximum Gasteiger partial charge on any atom is 0.338 e. The molecule has 0 atom stereocenters. The van der Waals surface area contributed by atoms with Gasteiger partial charge < -0.3 is 15.0 Å². The zero-order valence-corrected chi connectivity index (χ0v) is 12.4. The lowest BCUT2D eigenvalue weighted by Crippen LogP contribution is -2.32. The third-order valence-electron chi connectivity index (χ3n) is 3.50. The van der Waals surface area contributed by atoms with Gasteiger partial charge >= 0.3 is 12.0 Å². The molecule has 1 fully saturated rings. The van der Waals surface area contributed by atoms with Crippen LogP contribution in [0.5, 0.6) is 0 Å². The number of amides is 2. The summed E-state index contributed by atoms with van der Waals surface area (Å²) in [4.78, 5) is 25.5. The molecule has 2 rings (SSSR count). The number of rotatable bonds is 5. The fourth-order valence-electron chi connectivity index (χ4n) is 2.20. The normalized spacial score (nSPS) is 14.0. The Morgan fingerprint density at radius 3 is 2.48 bits per heavy atom. The summed E-state index contributed by atoms with van der Waals surface area (Å²) >= 11 is 0. The van der Waals surface area contributed by atoms with E-state index < -0.39 is 0 Å². The van der Waals surface area contributed by atoms with Crippen molar-refractivity contribution in [2.75, 3.05) is 25.0 Å². The number of unbranched alkanes of at least 4 members (excludes halogenated alkanes) is 1. The van der Waals surface area contributed by atoms with E-state index in [0.717, 1.165) is 38.8 Å². The van der Waals surface area contributed by atoms with E-state index in [9.17, 15) is 9.59 Å². The number of nitrogens with one attached hydrogen (secondary N) is 1. The lowest BCUT2D eigenvalue weighted by molar-refractivity contribution is 0.0500. The summed E-state index contributed by atoms with van der Waals surface area (Å²) in [7, 11) is 0. The second-order valence-electron chi connectivity index (χ2n) is 5.19. The highest BCUT2D eigenvalue weighted by atomic mass is 16.5. The average Bonchev–Trinajstić information content (AvgIpc) is 3.02. The van der Waals surface area contributed by atoms with Crippen molar-refractivity contribution < 1.29 is 14.3 Å². The number of benzene rings is 1. The average molecular weight is 290 g/mol. The van der Waals surface area contributed by atoms with E-state index in [-0.39, 0.29) is 12.0 Å². The summed E-state index contributed by atoms with van der Waals surface area (Å²) in [6.07, 6.45) is 4.00. The number of likely N-dealkylation sites (tertiary alicyclic amines) is 1. The first-order valence-corrected chi connectivity index (χ1v) is 7.54. The standard InChI is InChI=1S/C16H22N2O3/c1-2-3-12-21-15(19)13-6-8-14(9-7-13)17-16(20)18-10-4-5-11-18/h6-9H,2-5,10-12H2,1H3,(H,17,20). The van der Waals surface area contributed by atoms with Gasteiger partial charge in [0, 0.05) is 18.8 Å². The van der Waals surface area contributed by atoms with Gasteiger partial charge in [-0.1, -0.05) is 13.3 Å². The van der Waals surface area contributed by atoms with Crippen molar-refractivity contribution in [3.05, 3.63) is 29.8 Å². The van der Waals surface area contributed by atoms with Crippen molar-refractivity contribution in [1.29, 1.82) is 0 Å². The Hall–Kier alpha value is -2.04. The second-order valence-corrected chi connectivity index (χ2v) is 5.19. The van der Waals surface area contributed by atoms with Gasteiger partial charge in [0.15, 0.2) is 0 Å². The molecule has 1 aliphatic rings. The predicted molar refractivity (Wildman–Crippen MR) is 81.5 cm³/mol. The van der Waals surface area contributed by atoms with E-state index in [1.165, 1.54) is 0 Å². The third-order valence-corrected chi connectivity index (χ3v) is 3.50. The molecule has 0 radical (unpaired) electrons. The Kier molecular flexibility index (Phi) is 5.60. The Balaban J connectivity index is 1.86. The van der Waals surface area contributed by atoms with Crippen molar-refractivity contribution in [3.63, 3.8) is 0 Å². The maximum absolute atomic E-state index is 11.9. The van der Waals surface area contributed by atoms with E-state index in [2.05, 4.69) is 5.32 Å². The number of hydrogen-bond acceptors (Lipinski definition) is 3. The highest BCUT2D eigenvalue weighted by Crippen LogP contribution is 2.14. The molecule has 0 unspecified atom stereocenters. The van der Waals surface area contributed by atoms with Crippen LogP contribution < -0.4 is 5.32 Å². The second kappa shape index (κ2) is 7.67. The van der Waals surface area contributed by atoms with Crippen molar-refractivity contribution >= 4 is 17.7 Å². The smallest absolute Gasteiger partial charge is 0.338 e. The minimum Gasteiger partial charge on any atom is -0.462 e. The molecule has 1 N–H and O–H groups in total. The highest BCUT2D eigenvalue weighted by molar-refractivity contribution is 5.92. The van der Waals surface area contributed by atoms with Gasteiger partial charge in [-0.2, -0.15) is 0 Å². The molecule has 5 heteroatoms. The summed E-state index contributed by atoms with van der Waals surface area (Å²) in [5.41, 5.74) is 1.20.